The minimum atomic E-state index is -0.582. The van der Waals surface area contributed by atoms with Crippen molar-refractivity contribution in [2.24, 2.45) is 4.99 Å². The van der Waals surface area contributed by atoms with Gasteiger partial charge in [0.1, 0.15) is 17.1 Å². The molecule has 0 saturated heterocycles. The van der Waals surface area contributed by atoms with Gasteiger partial charge in [0.25, 0.3) is 0 Å². The number of rotatable bonds is 8. The molecule has 0 fully saturated rings. The summed E-state index contributed by atoms with van der Waals surface area (Å²) >= 11 is 0. The zero-order chi connectivity index (χ0) is 24.8. The molecular weight excluding hydrogens is 450 g/mol. The highest BCUT2D eigenvalue weighted by molar-refractivity contribution is 6.13. The number of esters is 2. The quantitative estimate of drug-likeness (QED) is 0.267. The van der Waals surface area contributed by atoms with Crippen LogP contribution in [0, 0.1) is 0 Å². The zero-order valence-electron chi connectivity index (χ0n) is 19.4. The molecule has 0 aromatic heterocycles. The maximum absolute atomic E-state index is 12.7. The number of benzene rings is 3. The molecule has 0 saturated carbocycles. The van der Waals surface area contributed by atoms with E-state index in [2.05, 4.69) is 4.99 Å². The third-order valence-corrected chi connectivity index (χ3v) is 5.04. The van der Waals surface area contributed by atoms with Gasteiger partial charge in [0, 0.05) is 5.56 Å². The number of carbonyl (C=O) groups is 2. The summed E-state index contributed by atoms with van der Waals surface area (Å²) in [5.74, 6) is 0.633. The van der Waals surface area contributed by atoms with Crippen molar-refractivity contribution in [1.82, 2.24) is 0 Å². The average molecular weight is 473 g/mol. The molecule has 178 valence electrons. The number of para-hydroxylation sites is 1. The first-order valence-corrected chi connectivity index (χ1v) is 10.8. The van der Waals surface area contributed by atoms with Crippen molar-refractivity contribution in [2.75, 3.05) is 20.8 Å². The molecule has 3 aromatic carbocycles. The molecule has 1 aliphatic heterocycles. The lowest BCUT2D eigenvalue weighted by Gasteiger charge is -2.12. The van der Waals surface area contributed by atoms with E-state index in [1.54, 1.807) is 79.9 Å². The van der Waals surface area contributed by atoms with Gasteiger partial charge in [0.15, 0.2) is 17.2 Å². The van der Waals surface area contributed by atoms with Gasteiger partial charge < -0.3 is 23.7 Å². The second-order valence-electron chi connectivity index (χ2n) is 7.30. The van der Waals surface area contributed by atoms with Gasteiger partial charge in [-0.05, 0) is 61.0 Å². The van der Waals surface area contributed by atoms with E-state index in [1.807, 2.05) is 6.92 Å². The molecule has 0 aliphatic carbocycles. The molecular formula is C27H23NO7. The summed E-state index contributed by atoms with van der Waals surface area (Å²) in [4.78, 5) is 29.4. The summed E-state index contributed by atoms with van der Waals surface area (Å²) in [6.07, 6.45) is 1.57. The maximum Gasteiger partial charge on any atom is 0.363 e. The summed E-state index contributed by atoms with van der Waals surface area (Å²) in [5, 5.41) is 0. The number of hydrogen-bond acceptors (Lipinski definition) is 8. The Hall–Kier alpha value is -4.59. The van der Waals surface area contributed by atoms with Crippen molar-refractivity contribution in [2.45, 2.75) is 6.92 Å². The molecule has 3 aromatic rings. The number of nitrogens with zero attached hydrogens (tertiary/aromatic N) is 1. The van der Waals surface area contributed by atoms with E-state index >= 15 is 0 Å². The van der Waals surface area contributed by atoms with Crippen molar-refractivity contribution in [1.29, 1.82) is 0 Å². The van der Waals surface area contributed by atoms with Crippen molar-refractivity contribution in [3.05, 3.63) is 89.1 Å². The van der Waals surface area contributed by atoms with E-state index in [-0.39, 0.29) is 22.9 Å². The molecule has 1 aliphatic rings. The molecule has 0 amide bonds. The summed E-state index contributed by atoms with van der Waals surface area (Å²) in [6, 6.07) is 18.8. The fourth-order valence-electron chi connectivity index (χ4n) is 3.38. The zero-order valence-corrected chi connectivity index (χ0v) is 19.4. The standard InChI is InChI=1S/C27H23NO7/c1-4-33-24-15-17(12-13-23(24)34-26(29)20-10-5-6-11-22(20)32-3)14-21-27(30)35-25(28-21)18-8-7-9-19(16-18)31-2/h5-16H,4H2,1-3H3. The van der Waals surface area contributed by atoms with Crippen LogP contribution in [-0.2, 0) is 9.53 Å². The lowest BCUT2D eigenvalue weighted by Crippen LogP contribution is -2.11. The fourth-order valence-corrected chi connectivity index (χ4v) is 3.38. The number of hydrogen-bond donors (Lipinski definition) is 0. The SMILES string of the molecule is CCOc1cc(C=C2N=C(c3cccc(OC)c3)OC2=O)ccc1OC(=O)c1ccccc1OC. The van der Waals surface area contributed by atoms with E-state index in [4.69, 9.17) is 23.7 Å². The monoisotopic (exact) mass is 473 g/mol. The number of ether oxygens (including phenoxy) is 5. The molecule has 0 bridgehead atoms. The minimum absolute atomic E-state index is 0.129. The maximum atomic E-state index is 12.7. The summed E-state index contributed by atoms with van der Waals surface area (Å²) in [6.45, 7) is 2.16. The van der Waals surface area contributed by atoms with Gasteiger partial charge in [0.2, 0.25) is 5.90 Å². The first-order chi connectivity index (χ1) is 17.0. The molecule has 0 unspecified atom stereocenters. The number of methoxy groups -OCH3 is 2. The van der Waals surface area contributed by atoms with Crippen LogP contribution in [0.5, 0.6) is 23.0 Å². The minimum Gasteiger partial charge on any atom is -0.497 e. The lowest BCUT2D eigenvalue weighted by atomic mass is 10.1. The van der Waals surface area contributed by atoms with Gasteiger partial charge >= 0.3 is 11.9 Å². The van der Waals surface area contributed by atoms with Gasteiger partial charge in [-0.1, -0.05) is 24.3 Å². The van der Waals surface area contributed by atoms with E-state index in [9.17, 15) is 9.59 Å². The summed E-state index contributed by atoms with van der Waals surface area (Å²) < 4.78 is 27.0. The normalized spacial score (nSPS) is 13.7. The average Bonchev–Trinajstić information content (AvgIpc) is 3.25. The number of aliphatic imine (C=N–C) groups is 1. The second kappa shape index (κ2) is 10.6. The van der Waals surface area contributed by atoms with Crippen molar-refractivity contribution in [3.8, 4) is 23.0 Å². The van der Waals surface area contributed by atoms with Crippen LogP contribution < -0.4 is 18.9 Å². The Morgan fingerprint density at radius 2 is 1.77 bits per heavy atom. The topological polar surface area (TPSA) is 92.6 Å². The highest BCUT2D eigenvalue weighted by atomic mass is 16.6. The van der Waals surface area contributed by atoms with Crippen LogP contribution in [0.1, 0.15) is 28.4 Å². The van der Waals surface area contributed by atoms with Crippen molar-refractivity contribution >= 4 is 23.9 Å². The first-order valence-electron chi connectivity index (χ1n) is 10.8. The van der Waals surface area contributed by atoms with E-state index in [1.165, 1.54) is 7.11 Å². The van der Waals surface area contributed by atoms with Crippen LogP contribution in [0.2, 0.25) is 0 Å². The van der Waals surface area contributed by atoms with Gasteiger partial charge in [-0.15, -0.1) is 0 Å². The highest BCUT2D eigenvalue weighted by Gasteiger charge is 2.25. The molecule has 0 N–H and O–H groups in total. The Labute approximate surface area is 202 Å². The van der Waals surface area contributed by atoms with Gasteiger partial charge in [-0.3, -0.25) is 0 Å². The van der Waals surface area contributed by atoms with E-state index in [0.717, 1.165) is 0 Å². The van der Waals surface area contributed by atoms with Gasteiger partial charge in [0.05, 0.1) is 20.8 Å². The number of cyclic esters (lactones) is 1. The van der Waals surface area contributed by atoms with Crippen molar-refractivity contribution < 1.29 is 33.3 Å². The smallest absolute Gasteiger partial charge is 0.363 e. The Kier molecular flexibility index (Phi) is 7.11. The summed E-state index contributed by atoms with van der Waals surface area (Å²) in [5.41, 5.74) is 1.66. The van der Waals surface area contributed by atoms with Gasteiger partial charge in [-0.25, -0.2) is 14.6 Å². The Bertz CT molecular complexity index is 1330. The Balaban J connectivity index is 1.60. The Morgan fingerprint density at radius 1 is 0.943 bits per heavy atom. The third kappa shape index (κ3) is 5.33. The molecule has 35 heavy (non-hydrogen) atoms. The molecule has 8 nitrogen and oxygen atoms in total. The van der Waals surface area contributed by atoms with Crippen molar-refractivity contribution in [3.63, 3.8) is 0 Å². The van der Waals surface area contributed by atoms with Crippen LogP contribution >= 0.6 is 0 Å². The van der Waals surface area contributed by atoms with E-state index < -0.39 is 11.9 Å². The second-order valence-corrected chi connectivity index (χ2v) is 7.30. The predicted octanol–water partition coefficient (Wildman–Crippen LogP) is 4.67. The third-order valence-electron chi connectivity index (χ3n) is 5.04. The number of carbonyl (C=O) groups excluding carboxylic acids is 2. The first kappa shape index (κ1) is 23.6. The molecule has 0 spiro atoms. The predicted molar refractivity (Wildman–Crippen MR) is 129 cm³/mol. The van der Waals surface area contributed by atoms with Crippen LogP contribution in [0.15, 0.2) is 77.4 Å². The molecule has 1 heterocycles. The lowest BCUT2D eigenvalue weighted by molar-refractivity contribution is -0.129. The molecule has 4 rings (SSSR count). The van der Waals surface area contributed by atoms with Crippen LogP contribution in [0.25, 0.3) is 6.08 Å². The molecule has 0 radical (unpaired) electrons. The molecule has 0 atom stereocenters. The van der Waals surface area contributed by atoms with E-state index in [0.29, 0.717) is 35.0 Å². The van der Waals surface area contributed by atoms with Crippen LogP contribution in [0.3, 0.4) is 0 Å². The molecule has 8 heteroatoms. The van der Waals surface area contributed by atoms with Crippen LogP contribution in [-0.4, -0.2) is 38.7 Å². The van der Waals surface area contributed by atoms with Gasteiger partial charge in [-0.2, -0.15) is 0 Å². The fraction of sp³-hybridized carbons (Fsp3) is 0.148. The van der Waals surface area contributed by atoms with Crippen LogP contribution in [0.4, 0.5) is 0 Å². The Morgan fingerprint density at radius 3 is 2.54 bits per heavy atom. The largest absolute Gasteiger partial charge is 0.497 e. The summed E-state index contributed by atoms with van der Waals surface area (Å²) in [7, 11) is 3.04. The highest BCUT2D eigenvalue weighted by Crippen LogP contribution is 2.32.